The van der Waals surface area contributed by atoms with Crippen molar-refractivity contribution in [3.05, 3.63) is 121 Å². The van der Waals surface area contributed by atoms with Crippen LogP contribution in [0.15, 0.2) is 121 Å². The van der Waals surface area contributed by atoms with Crippen LogP contribution in [-0.2, 0) is 0 Å². The number of para-hydroxylation sites is 1. The lowest BCUT2D eigenvalue weighted by atomic mass is 9.96. The van der Waals surface area contributed by atoms with Gasteiger partial charge in [0, 0.05) is 42.0 Å². The highest BCUT2D eigenvalue weighted by molar-refractivity contribution is 7.25. The van der Waals surface area contributed by atoms with Gasteiger partial charge in [-0.3, -0.25) is 0 Å². The number of aromatic nitrogens is 1. The van der Waals surface area contributed by atoms with Crippen LogP contribution >= 0.6 is 11.3 Å². The first-order chi connectivity index (χ1) is 17.8. The SMILES string of the molecule is c1cc(-c2ccc3c(c2)sc2ccccc23)cc(-c2cccc3c2[nH]c2ccc4ccccc4c23)c1. The number of thiophene rings is 1. The quantitative estimate of drug-likeness (QED) is 0.256. The number of H-pyrrole nitrogens is 1. The first-order valence-corrected chi connectivity index (χ1v) is 13.1. The minimum atomic E-state index is 1.18. The molecule has 1 N–H and O–H groups in total. The standard InChI is InChI=1S/C34H21NS/c1-2-10-25-21(7-1)16-18-30-33(25)29-13-6-12-26(34(29)35-30)24-9-5-8-22(19-24)23-15-17-28-27-11-3-4-14-31(27)36-32(28)20-23/h1-20,35H. The molecule has 1 nitrogen and oxygen atoms in total. The van der Waals surface area contributed by atoms with Crippen LogP contribution in [0.5, 0.6) is 0 Å². The summed E-state index contributed by atoms with van der Waals surface area (Å²) in [6.07, 6.45) is 0. The third-order valence-electron chi connectivity index (χ3n) is 7.41. The molecule has 0 aliphatic heterocycles. The summed E-state index contributed by atoms with van der Waals surface area (Å²) in [4.78, 5) is 3.74. The van der Waals surface area contributed by atoms with E-state index in [4.69, 9.17) is 0 Å². The van der Waals surface area contributed by atoms with Crippen molar-refractivity contribution in [2.45, 2.75) is 0 Å². The fraction of sp³-hybridized carbons (Fsp3) is 0. The Labute approximate surface area is 212 Å². The molecule has 168 valence electrons. The van der Waals surface area contributed by atoms with Crippen molar-refractivity contribution in [2.24, 2.45) is 0 Å². The molecular weight excluding hydrogens is 454 g/mol. The summed E-state index contributed by atoms with van der Waals surface area (Å²) >= 11 is 1.87. The lowest BCUT2D eigenvalue weighted by Gasteiger charge is -2.08. The van der Waals surface area contributed by atoms with Gasteiger partial charge in [0.15, 0.2) is 0 Å². The van der Waals surface area contributed by atoms with E-state index in [0.29, 0.717) is 0 Å². The molecule has 0 unspecified atom stereocenters. The molecule has 2 heterocycles. The average Bonchev–Trinajstić information content (AvgIpc) is 3.51. The highest BCUT2D eigenvalue weighted by atomic mass is 32.1. The van der Waals surface area contributed by atoms with Crippen LogP contribution < -0.4 is 0 Å². The number of aromatic amines is 1. The fourth-order valence-electron chi connectivity index (χ4n) is 5.71. The predicted octanol–water partition coefficient (Wildman–Crippen LogP) is 10.2. The molecule has 6 aromatic carbocycles. The first kappa shape index (κ1) is 19.9. The van der Waals surface area contributed by atoms with E-state index in [1.807, 2.05) is 11.3 Å². The third-order valence-corrected chi connectivity index (χ3v) is 8.54. The van der Waals surface area contributed by atoms with Gasteiger partial charge in [-0.1, -0.05) is 97.1 Å². The summed E-state index contributed by atoms with van der Waals surface area (Å²) in [5, 5.41) is 7.83. The second kappa shape index (κ2) is 7.55. The van der Waals surface area contributed by atoms with Gasteiger partial charge >= 0.3 is 0 Å². The monoisotopic (exact) mass is 475 g/mol. The molecular formula is C34H21NS. The smallest absolute Gasteiger partial charge is 0.0544 e. The number of fused-ring (bicyclic) bond motifs is 8. The van der Waals surface area contributed by atoms with E-state index in [0.717, 1.165) is 0 Å². The molecule has 0 aliphatic rings. The van der Waals surface area contributed by atoms with Crippen LogP contribution in [0.2, 0.25) is 0 Å². The maximum absolute atomic E-state index is 3.74. The molecule has 0 spiro atoms. The van der Waals surface area contributed by atoms with Crippen LogP contribution in [0.1, 0.15) is 0 Å². The van der Waals surface area contributed by atoms with Gasteiger partial charge in [0.05, 0.1) is 5.52 Å². The Balaban J connectivity index is 1.31. The highest BCUT2D eigenvalue weighted by Gasteiger charge is 2.13. The number of rotatable bonds is 2. The topological polar surface area (TPSA) is 15.8 Å². The van der Waals surface area contributed by atoms with Crippen LogP contribution in [0.25, 0.3) is 75.0 Å². The number of nitrogens with one attached hydrogen (secondary N) is 1. The van der Waals surface area contributed by atoms with Crippen molar-refractivity contribution in [2.75, 3.05) is 0 Å². The van der Waals surface area contributed by atoms with Crippen LogP contribution in [0.4, 0.5) is 0 Å². The molecule has 8 aromatic rings. The van der Waals surface area contributed by atoms with Gasteiger partial charge in [0.2, 0.25) is 0 Å². The van der Waals surface area contributed by atoms with Crippen LogP contribution in [-0.4, -0.2) is 4.98 Å². The molecule has 8 rings (SSSR count). The Morgan fingerprint density at radius 3 is 2.19 bits per heavy atom. The van der Waals surface area contributed by atoms with Gasteiger partial charge in [-0.05, 0) is 51.7 Å². The third kappa shape index (κ3) is 2.89. The van der Waals surface area contributed by atoms with Gasteiger partial charge in [-0.25, -0.2) is 0 Å². The Kier molecular flexibility index (Phi) is 4.16. The number of hydrogen-bond acceptors (Lipinski definition) is 1. The van der Waals surface area contributed by atoms with Gasteiger partial charge in [0.25, 0.3) is 0 Å². The minimum Gasteiger partial charge on any atom is -0.354 e. The van der Waals surface area contributed by atoms with Crippen molar-refractivity contribution in [1.82, 2.24) is 4.98 Å². The second-order valence-corrected chi connectivity index (χ2v) is 10.5. The summed E-state index contributed by atoms with van der Waals surface area (Å²) in [7, 11) is 0. The van der Waals surface area contributed by atoms with Crippen molar-refractivity contribution in [1.29, 1.82) is 0 Å². The Hall–Kier alpha value is -4.40. The maximum Gasteiger partial charge on any atom is 0.0544 e. The molecule has 0 radical (unpaired) electrons. The summed E-state index contributed by atoms with van der Waals surface area (Å²) < 4.78 is 2.68. The second-order valence-electron chi connectivity index (χ2n) is 9.45. The average molecular weight is 476 g/mol. The first-order valence-electron chi connectivity index (χ1n) is 12.3. The zero-order valence-corrected chi connectivity index (χ0v) is 20.3. The predicted molar refractivity (Wildman–Crippen MR) is 157 cm³/mol. The molecule has 0 fully saturated rings. The molecule has 36 heavy (non-hydrogen) atoms. The minimum absolute atomic E-state index is 1.18. The summed E-state index contributed by atoms with van der Waals surface area (Å²) in [6, 6.07) is 44.2. The molecule has 0 aliphatic carbocycles. The molecule has 0 atom stereocenters. The molecule has 0 bridgehead atoms. The van der Waals surface area contributed by atoms with E-state index < -0.39 is 0 Å². The summed E-state index contributed by atoms with van der Waals surface area (Å²) in [6.45, 7) is 0. The fourth-order valence-corrected chi connectivity index (χ4v) is 6.85. The van der Waals surface area contributed by atoms with E-state index >= 15 is 0 Å². The zero-order chi connectivity index (χ0) is 23.6. The van der Waals surface area contributed by atoms with Gasteiger partial charge in [0.1, 0.15) is 0 Å². The van der Waals surface area contributed by atoms with Gasteiger partial charge < -0.3 is 4.98 Å². The summed E-state index contributed by atoms with van der Waals surface area (Å²) in [5.41, 5.74) is 7.34. The molecule has 0 saturated carbocycles. The largest absolute Gasteiger partial charge is 0.354 e. The molecule has 2 heteroatoms. The van der Waals surface area contributed by atoms with Crippen LogP contribution in [0, 0.1) is 0 Å². The lowest BCUT2D eigenvalue weighted by molar-refractivity contribution is 1.54. The number of hydrogen-bond donors (Lipinski definition) is 1. The number of benzene rings is 6. The molecule has 0 amide bonds. The van der Waals surface area contributed by atoms with E-state index in [1.165, 1.54) is 75.0 Å². The maximum atomic E-state index is 3.74. The van der Waals surface area contributed by atoms with Crippen molar-refractivity contribution in [3.8, 4) is 22.3 Å². The van der Waals surface area contributed by atoms with Gasteiger partial charge in [-0.2, -0.15) is 0 Å². The van der Waals surface area contributed by atoms with E-state index in [2.05, 4.69) is 126 Å². The lowest BCUT2D eigenvalue weighted by Crippen LogP contribution is -1.83. The van der Waals surface area contributed by atoms with Crippen molar-refractivity contribution >= 4 is 64.1 Å². The van der Waals surface area contributed by atoms with E-state index in [1.54, 1.807) is 0 Å². The molecule has 0 saturated heterocycles. The Morgan fingerprint density at radius 1 is 0.472 bits per heavy atom. The van der Waals surface area contributed by atoms with Crippen molar-refractivity contribution < 1.29 is 0 Å². The Bertz CT molecular complexity index is 2110. The summed E-state index contributed by atoms with van der Waals surface area (Å²) in [5.74, 6) is 0. The van der Waals surface area contributed by atoms with E-state index in [9.17, 15) is 0 Å². The van der Waals surface area contributed by atoms with E-state index in [-0.39, 0.29) is 0 Å². The van der Waals surface area contributed by atoms with Crippen LogP contribution in [0.3, 0.4) is 0 Å². The zero-order valence-electron chi connectivity index (χ0n) is 19.5. The normalized spacial score (nSPS) is 11.9. The van der Waals surface area contributed by atoms with Crippen molar-refractivity contribution in [3.63, 3.8) is 0 Å². The Morgan fingerprint density at radius 2 is 1.22 bits per heavy atom. The van der Waals surface area contributed by atoms with Gasteiger partial charge in [-0.15, -0.1) is 11.3 Å². The molecule has 2 aromatic heterocycles. The highest BCUT2D eigenvalue weighted by Crippen LogP contribution is 2.39.